The highest BCUT2D eigenvalue weighted by molar-refractivity contribution is 5.37. The number of benzene rings is 1. The van der Waals surface area contributed by atoms with Gasteiger partial charge in [-0.05, 0) is 43.9 Å². The highest BCUT2D eigenvalue weighted by Gasteiger charge is 2.10. The summed E-state index contributed by atoms with van der Waals surface area (Å²) in [7, 11) is 1.68. The van der Waals surface area contributed by atoms with Gasteiger partial charge >= 0.3 is 0 Å². The Labute approximate surface area is 104 Å². The zero-order valence-electron chi connectivity index (χ0n) is 10.9. The summed E-state index contributed by atoms with van der Waals surface area (Å²) in [6.07, 6.45) is 1.93. The van der Waals surface area contributed by atoms with Gasteiger partial charge in [-0.3, -0.25) is 11.3 Å². The molecule has 1 rings (SSSR count). The minimum atomic E-state index is 0.163. The van der Waals surface area contributed by atoms with E-state index in [1.807, 2.05) is 19.9 Å². The van der Waals surface area contributed by atoms with Gasteiger partial charge in [0.15, 0.2) is 0 Å². The lowest BCUT2D eigenvalue weighted by atomic mass is 9.98. The minimum absolute atomic E-state index is 0.163. The molecule has 3 N–H and O–H groups in total. The number of aryl methyl sites for hydroxylation is 1. The molecule has 0 aliphatic carbocycles. The number of hydrazine groups is 1. The summed E-state index contributed by atoms with van der Waals surface area (Å²) >= 11 is 0. The maximum Gasteiger partial charge on any atom is 0.121 e. The van der Waals surface area contributed by atoms with Crippen LogP contribution in [0.1, 0.15) is 36.9 Å². The lowest BCUT2D eigenvalue weighted by Crippen LogP contribution is -2.28. The number of rotatable bonds is 6. The van der Waals surface area contributed by atoms with Gasteiger partial charge in [0.2, 0.25) is 0 Å². The van der Waals surface area contributed by atoms with E-state index in [0.29, 0.717) is 0 Å². The van der Waals surface area contributed by atoms with E-state index in [4.69, 9.17) is 10.6 Å². The molecule has 0 saturated heterocycles. The Morgan fingerprint density at radius 3 is 2.71 bits per heavy atom. The lowest BCUT2D eigenvalue weighted by molar-refractivity contribution is 0.411. The number of allylic oxidation sites excluding steroid dienone is 1. The van der Waals surface area contributed by atoms with Gasteiger partial charge in [0.25, 0.3) is 0 Å². The minimum Gasteiger partial charge on any atom is -0.496 e. The van der Waals surface area contributed by atoms with E-state index in [2.05, 4.69) is 24.1 Å². The van der Waals surface area contributed by atoms with Gasteiger partial charge in [-0.15, -0.1) is 6.58 Å². The van der Waals surface area contributed by atoms with Crippen molar-refractivity contribution >= 4 is 0 Å². The summed E-state index contributed by atoms with van der Waals surface area (Å²) in [5, 5.41) is 0. The molecular formula is C14H22N2O. The Bertz CT molecular complexity index is 388. The second-order valence-electron chi connectivity index (χ2n) is 4.44. The predicted molar refractivity (Wildman–Crippen MR) is 71.8 cm³/mol. The average molecular weight is 234 g/mol. The molecule has 1 atom stereocenters. The first-order chi connectivity index (χ1) is 8.08. The third-order valence-electron chi connectivity index (χ3n) is 2.88. The Hall–Kier alpha value is -1.32. The van der Waals surface area contributed by atoms with Gasteiger partial charge in [0, 0.05) is 6.04 Å². The molecule has 1 aromatic carbocycles. The standard InChI is InChI=1S/C14H22N2O/c1-10(2)5-7-13(16-15)12-6-8-14(17-4)11(3)9-12/h6,8-9,13,16H,1,5,7,15H2,2-4H3. The highest BCUT2D eigenvalue weighted by atomic mass is 16.5. The van der Waals surface area contributed by atoms with Crippen LogP contribution in [0, 0.1) is 6.92 Å². The number of ether oxygens (including phenoxy) is 1. The van der Waals surface area contributed by atoms with E-state index in [1.54, 1.807) is 7.11 Å². The van der Waals surface area contributed by atoms with Crippen LogP contribution in [0.3, 0.4) is 0 Å². The van der Waals surface area contributed by atoms with Crippen molar-refractivity contribution in [2.45, 2.75) is 32.7 Å². The summed E-state index contributed by atoms with van der Waals surface area (Å²) in [4.78, 5) is 0. The topological polar surface area (TPSA) is 47.3 Å². The molecule has 0 amide bonds. The van der Waals surface area contributed by atoms with E-state index in [1.165, 1.54) is 11.1 Å². The smallest absolute Gasteiger partial charge is 0.121 e. The number of methoxy groups -OCH3 is 1. The molecule has 0 spiro atoms. The number of nitrogens with one attached hydrogen (secondary N) is 1. The predicted octanol–water partition coefficient (Wildman–Crippen LogP) is 2.86. The molecule has 0 aliphatic heterocycles. The Kier molecular flexibility index (Phi) is 5.19. The van der Waals surface area contributed by atoms with Gasteiger partial charge in [-0.25, -0.2) is 0 Å². The molecule has 17 heavy (non-hydrogen) atoms. The molecule has 0 aromatic heterocycles. The Balaban J connectivity index is 2.81. The summed E-state index contributed by atoms with van der Waals surface area (Å²) in [5.41, 5.74) is 6.35. The molecule has 1 aromatic rings. The van der Waals surface area contributed by atoms with E-state index in [9.17, 15) is 0 Å². The average Bonchev–Trinajstić information content (AvgIpc) is 2.29. The van der Waals surface area contributed by atoms with Crippen molar-refractivity contribution < 1.29 is 4.74 Å². The third kappa shape index (κ3) is 3.88. The molecule has 0 aliphatic rings. The van der Waals surface area contributed by atoms with Crippen molar-refractivity contribution in [3.63, 3.8) is 0 Å². The normalized spacial score (nSPS) is 12.2. The van der Waals surface area contributed by atoms with Gasteiger partial charge in [-0.2, -0.15) is 0 Å². The molecule has 0 heterocycles. The first-order valence-corrected chi connectivity index (χ1v) is 5.83. The number of hydrogen-bond acceptors (Lipinski definition) is 3. The van der Waals surface area contributed by atoms with Crippen LogP contribution in [0.2, 0.25) is 0 Å². The van der Waals surface area contributed by atoms with Crippen LogP contribution in [0.15, 0.2) is 30.4 Å². The molecule has 0 radical (unpaired) electrons. The molecule has 94 valence electrons. The zero-order valence-corrected chi connectivity index (χ0v) is 10.9. The maximum absolute atomic E-state index is 5.60. The summed E-state index contributed by atoms with van der Waals surface area (Å²) < 4.78 is 5.25. The van der Waals surface area contributed by atoms with E-state index < -0.39 is 0 Å². The first-order valence-electron chi connectivity index (χ1n) is 5.83. The molecule has 3 heteroatoms. The fraction of sp³-hybridized carbons (Fsp3) is 0.429. The van der Waals surface area contributed by atoms with Gasteiger partial charge in [-0.1, -0.05) is 17.7 Å². The van der Waals surface area contributed by atoms with Gasteiger partial charge < -0.3 is 4.74 Å². The highest BCUT2D eigenvalue weighted by Crippen LogP contribution is 2.25. The SMILES string of the molecule is C=C(C)CCC(NN)c1ccc(OC)c(C)c1. The fourth-order valence-corrected chi connectivity index (χ4v) is 1.86. The summed E-state index contributed by atoms with van der Waals surface area (Å²) in [6.45, 7) is 7.98. The second kappa shape index (κ2) is 6.42. The van der Waals surface area contributed by atoms with Crippen LogP contribution in [0.5, 0.6) is 5.75 Å². The van der Waals surface area contributed by atoms with Crippen molar-refractivity contribution in [2.24, 2.45) is 5.84 Å². The molecule has 0 fully saturated rings. The molecular weight excluding hydrogens is 212 g/mol. The van der Waals surface area contributed by atoms with Crippen molar-refractivity contribution in [1.82, 2.24) is 5.43 Å². The monoisotopic (exact) mass is 234 g/mol. The molecule has 3 nitrogen and oxygen atoms in total. The molecule has 0 bridgehead atoms. The van der Waals surface area contributed by atoms with Crippen molar-refractivity contribution in [2.75, 3.05) is 7.11 Å². The van der Waals surface area contributed by atoms with Crippen LogP contribution in [0.25, 0.3) is 0 Å². The van der Waals surface area contributed by atoms with Crippen LogP contribution >= 0.6 is 0 Å². The fourth-order valence-electron chi connectivity index (χ4n) is 1.86. The molecule has 0 saturated carbocycles. The van der Waals surface area contributed by atoms with E-state index in [0.717, 1.165) is 24.2 Å². The first kappa shape index (κ1) is 13.7. The largest absolute Gasteiger partial charge is 0.496 e. The van der Waals surface area contributed by atoms with Crippen molar-refractivity contribution in [3.8, 4) is 5.75 Å². The Morgan fingerprint density at radius 2 is 2.24 bits per heavy atom. The number of nitrogens with two attached hydrogens (primary N) is 1. The van der Waals surface area contributed by atoms with Crippen LogP contribution < -0.4 is 16.0 Å². The van der Waals surface area contributed by atoms with E-state index in [-0.39, 0.29) is 6.04 Å². The van der Waals surface area contributed by atoms with Gasteiger partial charge in [0.1, 0.15) is 5.75 Å². The Morgan fingerprint density at radius 1 is 1.53 bits per heavy atom. The summed E-state index contributed by atoms with van der Waals surface area (Å²) in [6, 6.07) is 6.31. The zero-order chi connectivity index (χ0) is 12.8. The van der Waals surface area contributed by atoms with Gasteiger partial charge in [0.05, 0.1) is 7.11 Å². The number of hydrogen-bond donors (Lipinski definition) is 2. The van der Waals surface area contributed by atoms with Crippen LogP contribution in [-0.2, 0) is 0 Å². The van der Waals surface area contributed by atoms with Crippen molar-refractivity contribution in [3.05, 3.63) is 41.5 Å². The van der Waals surface area contributed by atoms with Crippen molar-refractivity contribution in [1.29, 1.82) is 0 Å². The summed E-state index contributed by atoms with van der Waals surface area (Å²) in [5.74, 6) is 6.51. The van der Waals surface area contributed by atoms with E-state index >= 15 is 0 Å². The van der Waals surface area contributed by atoms with Crippen LogP contribution in [-0.4, -0.2) is 7.11 Å². The molecule has 1 unspecified atom stereocenters. The lowest BCUT2D eigenvalue weighted by Gasteiger charge is -2.17. The second-order valence-corrected chi connectivity index (χ2v) is 4.44. The quantitative estimate of drug-likeness (QED) is 0.452. The third-order valence-corrected chi connectivity index (χ3v) is 2.88. The maximum atomic E-state index is 5.60. The van der Waals surface area contributed by atoms with Crippen LogP contribution in [0.4, 0.5) is 0 Å².